The Kier molecular flexibility index (Phi) is 6.05. The fourth-order valence-electron chi connectivity index (χ4n) is 1.71. The molecule has 0 spiro atoms. The fourth-order valence-corrected chi connectivity index (χ4v) is 1.71. The van der Waals surface area contributed by atoms with Crippen molar-refractivity contribution in [1.29, 1.82) is 0 Å². The molecule has 1 aromatic heterocycles. The zero-order valence-corrected chi connectivity index (χ0v) is 11.8. The van der Waals surface area contributed by atoms with Crippen molar-refractivity contribution >= 4 is 17.6 Å². The Morgan fingerprint density at radius 3 is 2.79 bits per heavy atom. The lowest BCUT2D eigenvalue weighted by molar-refractivity contribution is -0.135. The average molecular weight is 266 g/mol. The molecule has 0 aliphatic carbocycles. The minimum atomic E-state index is -0.878. The summed E-state index contributed by atoms with van der Waals surface area (Å²) in [4.78, 5) is 20.8. The molecule has 0 fully saturated rings. The molecule has 6 heteroatoms. The Morgan fingerprint density at radius 2 is 2.16 bits per heavy atom. The molecule has 0 saturated carbocycles. The first-order valence-corrected chi connectivity index (χ1v) is 6.55. The second kappa shape index (κ2) is 7.56. The van der Waals surface area contributed by atoms with Gasteiger partial charge in [0, 0.05) is 19.7 Å². The van der Waals surface area contributed by atoms with Crippen LogP contribution in [0, 0.1) is 6.92 Å². The van der Waals surface area contributed by atoms with E-state index in [2.05, 4.69) is 22.2 Å². The lowest BCUT2D eigenvalue weighted by atomic mass is 10.2. The molecule has 106 valence electrons. The molecular weight excluding hydrogens is 244 g/mol. The van der Waals surface area contributed by atoms with Gasteiger partial charge in [0.15, 0.2) is 0 Å². The fraction of sp³-hybridized carbons (Fsp3) is 0.615. The van der Waals surface area contributed by atoms with Crippen molar-refractivity contribution in [3.8, 4) is 0 Å². The quantitative estimate of drug-likeness (QED) is 0.700. The predicted molar refractivity (Wildman–Crippen MR) is 75.7 cm³/mol. The monoisotopic (exact) mass is 266 g/mol. The second-order valence-corrected chi connectivity index (χ2v) is 4.54. The van der Waals surface area contributed by atoms with Gasteiger partial charge >= 0.3 is 5.97 Å². The van der Waals surface area contributed by atoms with E-state index in [9.17, 15) is 4.79 Å². The summed E-state index contributed by atoms with van der Waals surface area (Å²) in [5.74, 6) is 1.12. The van der Waals surface area contributed by atoms with Gasteiger partial charge in [-0.05, 0) is 13.3 Å². The van der Waals surface area contributed by atoms with Crippen molar-refractivity contribution < 1.29 is 9.90 Å². The molecule has 0 atom stereocenters. The molecule has 1 rings (SSSR count). The number of carbonyl (C=O) groups is 1. The van der Waals surface area contributed by atoms with Crippen LogP contribution >= 0.6 is 0 Å². The van der Waals surface area contributed by atoms with E-state index in [1.807, 2.05) is 0 Å². The van der Waals surface area contributed by atoms with E-state index in [0.29, 0.717) is 11.6 Å². The Morgan fingerprint density at radius 1 is 1.42 bits per heavy atom. The summed E-state index contributed by atoms with van der Waals surface area (Å²) in [6.45, 7) is 4.75. The maximum Gasteiger partial charge on any atom is 0.323 e. The lowest BCUT2D eigenvalue weighted by Gasteiger charge is -2.17. The maximum absolute atomic E-state index is 10.7. The molecule has 0 aromatic carbocycles. The number of likely N-dealkylation sites (N-methyl/N-ethyl adjacent to an activating group) is 1. The van der Waals surface area contributed by atoms with Gasteiger partial charge in [-0.15, -0.1) is 0 Å². The van der Waals surface area contributed by atoms with Crippen LogP contribution in [0.25, 0.3) is 0 Å². The van der Waals surface area contributed by atoms with Gasteiger partial charge in [0.25, 0.3) is 0 Å². The maximum atomic E-state index is 10.7. The first-order valence-electron chi connectivity index (χ1n) is 6.55. The molecule has 0 amide bonds. The molecule has 6 nitrogen and oxygen atoms in total. The lowest BCUT2D eigenvalue weighted by Crippen LogP contribution is -2.26. The minimum Gasteiger partial charge on any atom is -0.480 e. The van der Waals surface area contributed by atoms with Crippen LogP contribution in [0.4, 0.5) is 11.6 Å². The Labute approximate surface area is 113 Å². The third kappa shape index (κ3) is 5.54. The van der Waals surface area contributed by atoms with E-state index in [4.69, 9.17) is 5.11 Å². The summed E-state index contributed by atoms with van der Waals surface area (Å²) in [6.07, 6.45) is 3.46. The first kappa shape index (κ1) is 15.2. The van der Waals surface area contributed by atoms with Crippen molar-refractivity contribution in [2.24, 2.45) is 0 Å². The highest BCUT2D eigenvalue weighted by atomic mass is 16.4. The summed E-state index contributed by atoms with van der Waals surface area (Å²) in [5, 5.41) is 12.0. The molecular formula is C13H22N4O2. The number of hydrogen-bond donors (Lipinski definition) is 2. The highest BCUT2D eigenvalue weighted by Gasteiger charge is 2.09. The molecule has 0 bridgehead atoms. The Bertz CT molecular complexity index is 423. The van der Waals surface area contributed by atoms with E-state index in [-0.39, 0.29) is 6.54 Å². The van der Waals surface area contributed by atoms with Crippen LogP contribution in [-0.4, -0.2) is 41.2 Å². The summed E-state index contributed by atoms with van der Waals surface area (Å²) in [5.41, 5.74) is 0. The van der Waals surface area contributed by atoms with Crippen molar-refractivity contribution in [1.82, 2.24) is 9.97 Å². The van der Waals surface area contributed by atoms with Crippen LogP contribution in [0.1, 0.15) is 32.0 Å². The zero-order chi connectivity index (χ0) is 14.3. The van der Waals surface area contributed by atoms with E-state index in [1.54, 1.807) is 24.9 Å². The van der Waals surface area contributed by atoms with Gasteiger partial charge < -0.3 is 15.3 Å². The van der Waals surface area contributed by atoms with Crippen molar-refractivity contribution in [2.45, 2.75) is 33.1 Å². The first-order chi connectivity index (χ1) is 9.02. The van der Waals surface area contributed by atoms with Crippen LogP contribution in [0.5, 0.6) is 0 Å². The molecule has 2 N–H and O–H groups in total. The number of unbranched alkanes of at least 4 members (excludes halogenated alkanes) is 2. The number of nitrogens with zero attached hydrogens (tertiary/aromatic N) is 3. The average Bonchev–Trinajstić information content (AvgIpc) is 2.33. The molecule has 0 saturated heterocycles. The number of aromatic nitrogens is 2. The summed E-state index contributed by atoms with van der Waals surface area (Å²) in [6, 6.07) is 1.78. The van der Waals surface area contributed by atoms with Gasteiger partial charge in [-0.3, -0.25) is 4.79 Å². The minimum absolute atomic E-state index is 0.0777. The van der Waals surface area contributed by atoms with Crippen molar-refractivity contribution in [2.75, 3.05) is 30.4 Å². The SMILES string of the molecule is CCCCCNc1cc(N(C)CC(=O)O)nc(C)n1. The number of nitrogens with one attached hydrogen (secondary N) is 1. The summed E-state index contributed by atoms with van der Waals surface area (Å²) < 4.78 is 0. The largest absolute Gasteiger partial charge is 0.480 e. The zero-order valence-electron chi connectivity index (χ0n) is 11.8. The molecule has 1 heterocycles. The topological polar surface area (TPSA) is 78.4 Å². The van der Waals surface area contributed by atoms with Crippen LogP contribution in [0.3, 0.4) is 0 Å². The summed E-state index contributed by atoms with van der Waals surface area (Å²) in [7, 11) is 1.71. The second-order valence-electron chi connectivity index (χ2n) is 4.54. The highest BCUT2D eigenvalue weighted by molar-refractivity contribution is 5.73. The van der Waals surface area contributed by atoms with Crippen LogP contribution in [0.15, 0.2) is 6.07 Å². The Balaban J connectivity index is 2.67. The summed E-state index contributed by atoms with van der Waals surface area (Å²) >= 11 is 0. The van der Waals surface area contributed by atoms with Gasteiger partial charge in [-0.25, -0.2) is 9.97 Å². The molecule has 0 unspecified atom stereocenters. The predicted octanol–water partition coefficient (Wildman–Crippen LogP) is 1.91. The van der Waals surface area contributed by atoms with Gasteiger partial charge in [0.05, 0.1) is 0 Å². The van der Waals surface area contributed by atoms with E-state index < -0.39 is 5.97 Å². The smallest absolute Gasteiger partial charge is 0.323 e. The molecule has 19 heavy (non-hydrogen) atoms. The van der Waals surface area contributed by atoms with Crippen LogP contribution in [0.2, 0.25) is 0 Å². The van der Waals surface area contributed by atoms with Gasteiger partial charge in [0.2, 0.25) is 0 Å². The van der Waals surface area contributed by atoms with Gasteiger partial charge in [-0.1, -0.05) is 19.8 Å². The third-order valence-electron chi connectivity index (χ3n) is 2.67. The van der Waals surface area contributed by atoms with Crippen molar-refractivity contribution in [3.05, 3.63) is 11.9 Å². The number of aryl methyl sites for hydroxylation is 1. The van der Waals surface area contributed by atoms with E-state index in [0.717, 1.165) is 18.8 Å². The molecule has 0 radical (unpaired) electrons. The number of hydrogen-bond acceptors (Lipinski definition) is 5. The van der Waals surface area contributed by atoms with E-state index >= 15 is 0 Å². The molecule has 1 aromatic rings. The highest BCUT2D eigenvalue weighted by Crippen LogP contribution is 2.14. The van der Waals surface area contributed by atoms with E-state index in [1.165, 1.54) is 12.8 Å². The number of aliphatic carboxylic acids is 1. The standard InChI is InChI=1S/C13H22N4O2/c1-4-5-6-7-14-11-8-12(16-10(2)15-11)17(3)9-13(18)19/h8H,4-7,9H2,1-3H3,(H,18,19)(H,14,15,16). The number of carboxylic acid groups (broad SMARTS) is 1. The van der Waals surface area contributed by atoms with Crippen LogP contribution < -0.4 is 10.2 Å². The number of carboxylic acids is 1. The normalized spacial score (nSPS) is 10.3. The molecule has 0 aliphatic heterocycles. The number of anilines is 2. The third-order valence-corrected chi connectivity index (χ3v) is 2.67. The van der Waals surface area contributed by atoms with Crippen LogP contribution in [-0.2, 0) is 4.79 Å². The van der Waals surface area contributed by atoms with Gasteiger partial charge in [-0.2, -0.15) is 0 Å². The number of rotatable bonds is 8. The van der Waals surface area contributed by atoms with Crippen molar-refractivity contribution in [3.63, 3.8) is 0 Å². The Hall–Kier alpha value is -1.85. The molecule has 0 aliphatic rings. The van der Waals surface area contributed by atoms with Gasteiger partial charge in [0.1, 0.15) is 24.0 Å².